The highest BCUT2D eigenvalue weighted by Gasteiger charge is 2.21. The van der Waals surface area contributed by atoms with Gasteiger partial charge in [-0.1, -0.05) is 90.6 Å². The quantitative estimate of drug-likeness (QED) is 0.316. The van der Waals surface area contributed by atoms with E-state index in [2.05, 4.69) is 27.0 Å². The number of ether oxygens (including phenoxy) is 1. The van der Waals surface area contributed by atoms with Crippen molar-refractivity contribution in [2.45, 2.75) is 30.6 Å². The molecule has 1 aliphatic heterocycles. The molecule has 0 bridgehead atoms. The number of imidazole rings is 1. The second kappa shape index (κ2) is 10.7. The van der Waals surface area contributed by atoms with Gasteiger partial charge in [0.05, 0.1) is 30.3 Å². The molecular weight excluding hydrogens is 442 g/mol. The predicted octanol–water partition coefficient (Wildman–Crippen LogP) is 6.13. The van der Waals surface area contributed by atoms with Crippen molar-refractivity contribution < 1.29 is 9.53 Å². The number of aromatic nitrogens is 2. The molecule has 0 aliphatic carbocycles. The number of hydrogen-bond acceptors (Lipinski definition) is 4. The Hall–Kier alpha value is -3.35. The zero-order valence-electron chi connectivity index (χ0n) is 18.9. The normalized spacial score (nSPS) is 15.4. The highest BCUT2D eigenvalue weighted by molar-refractivity contribution is 7.99. The van der Waals surface area contributed by atoms with Gasteiger partial charge >= 0.3 is 0 Å². The summed E-state index contributed by atoms with van der Waals surface area (Å²) in [4.78, 5) is 17.6. The van der Waals surface area contributed by atoms with Gasteiger partial charge in [0.15, 0.2) is 5.16 Å². The van der Waals surface area contributed by atoms with E-state index in [0.29, 0.717) is 0 Å². The van der Waals surface area contributed by atoms with Crippen LogP contribution in [0.5, 0.6) is 0 Å². The van der Waals surface area contributed by atoms with Crippen LogP contribution in [0.4, 0.5) is 5.69 Å². The lowest BCUT2D eigenvalue weighted by Crippen LogP contribution is -2.18. The topological polar surface area (TPSA) is 56.2 Å². The number of benzene rings is 3. The van der Waals surface area contributed by atoms with Crippen LogP contribution in [0.15, 0.2) is 96.3 Å². The molecule has 1 aromatic heterocycles. The third-order valence-corrected chi connectivity index (χ3v) is 6.91. The molecule has 1 fully saturated rings. The summed E-state index contributed by atoms with van der Waals surface area (Å²) in [7, 11) is 0. The van der Waals surface area contributed by atoms with Crippen molar-refractivity contribution in [1.29, 1.82) is 0 Å². The lowest BCUT2D eigenvalue weighted by Gasteiger charge is -2.16. The highest BCUT2D eigenvalue weighted by atomic mass is 32.2. The first-order valence-electron chi connectivity index (χ1n) is 11.6. The van der Waals surface area contributed by atoms with Gasteiger partial charge in [0.1, 0.15) is 0 Å². The van der Waals surface area contributed by atoms with E-state index in [1.807, 2.05) is 79.0 Å². The number of carbonyl (C=O) groups excluding carboxylic acids is 1. The zero-order chi connectivity index (χ0) is 23.2. The first kappa shape index (κ1) is 22.4. The van der Waals surface area contributed by atoms with Gasteiger partial charge in [-0.15, -0.1) is 0 Å². The standard InChI is InChI=1S/C28H27N3O2S/c32-27(30-25-16-8-7-15-24(25)21-10-3-1-4-11-21)20-34-28-29-18-26(22-12-5-2-6-13-22)31(28)19-23-14-9-17-33-23/h1-8,10-13,15-16,18,23H,9,14,17,19-20H2,(H,30,32). The largest absolute Gasteiger partial charge is 0.376 e. The second-order valence-corrected chi connectivity index (χ2v) is 9.23. The first-order valence-corrected chi connectivity index (χ1v) is 12.6. The molecule has 0 saturated carbocycles. The van der Waals surface area contributed by atoms with E-state index in [4.69, 9.17) is 4.74 Å². The van der Waals surface area contributed by atoms with Gasteiger partial charge < -0.3 is 14.6 Å². The summed E-state index contributed by atoms with van der Waals surface area (Å²) in [6.45, 7) is 1.55. The van der Waals surface area contributed by atoms with Crippen LogP contribution in [0.2, 0.25) is 0 Å². The van der Waals surface area contributed by atoms with E-state index in [9.17, 15) is 4.79 Å². The van der Waals surface area contributed by atoms with E-state index in [1.165, 1.54) is 11.8 Å². The molecule has 172 valence electrons. The molecule has 6 heteroatoms. The van der Waals surface area contributed by atoms with Gasteiger partial charge in [-0.3, -0.25) is 4.79 Å². The minimum Gasteiger partial charge on any atom is -0.376 e. The Labute approximate surface area is 204 Å². The molecule has 0 radical (unpaired) electrons. The molecule has 0 spiro atoms. The molecule has 5 rings (SSSR count). The van der Waals surface area contributed by atoms with Crippen LogP contribution in [0, 0.1) is 0 Å². The van der Waals surface area contributed by atoms with Gasteiger partial charge in [0.2, 0.25) is 5.91 Å². The number of amides is 1. The third-order valence-electron chi connectivity index (χ3n) is 5.92. The molecule has 1 atom stereocenters. The van der Waals surface area contributed by atoms with Crippen LogP contribution >= 0.6 is 11.8 Å². The molecule has 1 unspecified atom stereocenters. The van der Waals surface area contributed by atoms with Crippen molar-refractivity contribution in [1.82, 2.24) is 9.55 Å². The van der Waals surface area contributed by atoms with Crippen LogP contribution in [-0.4, -0.2) is 33.9 Å². The molecule has 1 amide bonds. The number of para-hydroxylation sites is 1. The van der Waals surface area contributed by atoms with E-state index >= 15 is 0 Å². The predicted molar refractivity (Wildman–Crippen MR) is 138 cm³/mol. The summed E-state index contributed by atoms with van der Waals surface area (Å²) in [6.07, 6.45) is 4.22. The van der Waals surface area contributed by atoms with Crippen molar-refractivity contribution in [3.05, 3.63) is 91.1 Å². The Morgan fingerprint density at radius 3 is 2.41 bits per heavy atom. The van der Waals surface area contributed by atoms with Gasteiger partial charge in [0, 0.05) is 17.9 Å². The molecule has 4 aromatic rings. The fourth-order valence-corrected chi connectivity index (χ4v) is 5.05. The molecule has 34 heavy (non-hydrogen) atoms. The highest BCUT2D eigenvalue weighted by Crippen LogP contribution is 2.30. The summed E-state index contributed by atoms with van der Waals surface area (Å²) in [5.74, 6) is 0.223. The minimum atomic E-state index is -0.0543. The van der Waals surface area contributed by atoms with Crippen molar-refractivity contribution in [3.63, 3.8) is 0 Å². The average Bonchev–Trinajstić information content (AvgIpc) is 3.55. The maximum Gasteiger partial charge on any atom is 0.234 e. The Balaban J connectivity index is 1.32. The van der Waals surface area contributed by atoms with E-state index in [1.54, 1.807) is 0 Å². The van der Waals surface area contributed by atoms with Crippen molar-refractivity contribution >= 4 is 23.4 Å². The molecule has 1 N–H and O–H groups in total. The lowest BCUT2D eigenvalue weighted by atomic mass is 10.0. The first-order chi connectivity index (χ1) is 16.8. The number of hydrogen-bond donors (Lipinski definition) is 1. The monoisotopic (exact) mass is 469 g/mol. The van der Waals surface area contributed by atoms with Crippen molar-refractivity contribution in [3.8, 4) is 22.4 Å². The van der Waals surface area contributed by atoms with Crippen LogP contribution < -0.4 is 5.32 Å². The molecular formula is C28H27N3O2S. The number of rotatable bonds is 8. The number of carbonyl (C=O) groups is 1. The van der Waals surface area contributed by atoms with Crippen molar-refractivity contribution in [2.75, 3.05) is 17.7 Å². The summed E-state index contributed by atoms with van der Waals surface area (Å²) in [6, 6.07) is 28.2. The van der Waals surface area contributed by atoms with Gasteiger partial charge in [0.25, 0.3) is 0 Å². The minimum absolute atomic E-state index is 0.0543. The fraction of sp³-hybridized carbons (Fsp3) is 0.214. The zero-order valence-corrected chi connectivity index (χ0v) is 19.7. The van der Waals surface area contributed by atoms with E-state index < -0.39 is 0 Å². The summed E-state index contributed by atoms with van der Waals surface area (Å²) in [5, 5.41) is 3.92. The Morgan fingerprint density at radius 2 is 1.68 bits per heavy atom. The maximum atomic E-state index is 12.9. The molecule has 5 nitrogen and oxygen atoms in total. The number of nitrogens with zero attached hydrogens (tertiary/aromatic N) is 2. The Morgan fingerprint density at radius 1 is 0.971 bits per heavy atom. The number of anilines is 1. The van der Waals surface area contributed by atoms with Crippen molar-refractivity contribution in [2.24, 2.45) is 0 Å². The van der Waals surface area contributed by atoms with Crippen LogP contribution in [0.25, 0.3) is 22.4 Å². The Bertz CT molecular complexity index is 1240. The molecule has 3 aromatic carbocycles. The van der Waals surface area contributed by atoms with E-state index in [0.717, 1.165) is 59.2 Å². The van der Waals surface area contributed by atoms with E-state index in [-0.39, 0.29) is 17.8 Å². The van der Waals surface area contributed by atoms with Gasteiger partial charge in [-0.25, -0.2) is 4.98 Å². The number of thioether (sulfide) groups is 1. The molecule has 1 saturated heterocycles. The smallest absolute Gasteiger partial charge is 0.234 e. The third kappa shape index (κ3) is 5.24. The SMILES string of the molecule is O=C(CSc1ncc(-c2ccccc2)n1CC1CCCO1)Nc1ccccc1-c1ccccc1. The number of nitrogens with one attached hydrogen (secondary N) is 1. The van der Waals surface area contributed by atoms with Crippen LogP contribution in [0.3, 0.4) is 0 Å². The lowest BCUT2D eigenvalue weighted by molar-refractivity contribution is -0.113. The average molecular weight is 470 g/mol. The summed E-state index contributed by atoms with van der Waals surface area (Å²) < 4.78 is 8.09. The Kier molecular flexibility index (Phi) is 7.08. The second-order valence-electron chi connectivity index (χ2n) is 8.29. The summed E-state index contributed by atoms with van der Waals surface area (Å²) >= 11 is 1.46. The van der Waals surface area contributed by atoms with Crippen LogP contribution in [-0.2, 0) is 16.1 Å². The van der Waals surface area contributed by atoms with Gasteiger partial charge in [-0.2, -0.15) is 0 Å². The van der Waals surface area contributed by atoms with Crippen LogP contribution in [0.1, 0.15) is 12.8 Å². The summed E-state index contributed by atoms with van der Waals surface area (Å²) in [5.41, 5.74) is 5.06. The molecule has 1 aliphatic rings. The van der Waals surface area contributed by atoms with Gasteiger partial charge in [-0.05, 0) is 30.0 Å². The molecule has 2 heterocycles. The fourth-order valence-electron chi connectivity index (χ4n) is 4.26. The maximum absolute atomic E-state index is 12.9.